The maximum atomic E-state index is 6.63. The van der Waals surface area contributed by atoms with Gasteiger partial charge in [-0.25, -0.2) is 0 Å². The van der Waals surface area contributed by atoms with E-state index in [2.05, 4.69) is 174 Å². The molecular weight excluding hydrogens is 599 g/mol. The van der Waals surface area contributed by atoms with Gasteiger partial charge in [-0.2, -0.15) is 0 Å². The highest BCUT2D eigenvalue weighted by Crippen LogP contribution is 2.55. The van der Waals surface area contributed by atoms with E-state index in [0.717, 1.165) is 22.9 Å². The lowest BCUT2D eigenvalue weighted by Gasteiger charge is -2.52. The Morgan fingerprint density at radius 1 is 0.521 bits per heavy atom. The van der Waals surface area contributed by atoms with Crippen molar-refractivity contribution in [2.24, 2.45) is 0 Å². The molecule has 0 spiro atoms. The summed E-state index contributed by atoms with van der Waals surface area (Å²) in [4.78, 5) is 5.19. The van der Waals surface area contributed by atoms with Gasteiger partial charge in [-0.15, -0.1) is 0 Å². The van der Waals surface area contributed by atoms with E-state index in [9.17, 15) is 0 Å². The van der Waals surface area contributed by atoms with Crippen LogP contribution in [0.5, 0.6) is 11.5 Å². The van der Waals surface area contributed by atoms with E-state index in [1.54, 1.807) is 0 Å². The zero-order valence-electron chi connectivity index (χ0n) is 26.4. The zero-order chi connectivity index (χ0) is 31.6. The molecule has 0 saturated heterocycles. The van der Waals surface area contributed by atoms with Crippen molar-refractivity contribution < 1.29 is 4.74 Å². The van der Waals surface area contributed by atoms with E-state index in [0.29, 0.717) is 0 Å². The molecule has 0 atom stereocenters. The molecule has 7 aromatic rings. The zero-order valence-corrected chi connectivity index (χ0v) is 27.4. The van der Waals surface area contributed by atoms with Crippen molar-refractivity contribution >= 4 is 75.0 Å². The van der Waals surface area contributed by atoms with Gasteiger partial charge in [-0.3, -0.25) is 0 Å². The van der Waals surface area contributed by atoms with Gasteiger partial charge in [-0.05, 0) is 80.1 Å². The number of fused-ring (bicyclic) bond motifs is 8. The Balaban J connectivity index is 1.32. The standard InChI is InChI=1S/C43H29BN2OSi/c1-28-26-32-31-18-12-23-38-42(31)46(34-20-8-10-22-37(34)47-38)44-33-19-13-25-40-43(33)45(36(27-28)41(32)44)35-21-9-11-24-39(35)48(40,29-14-4-2-5-15-29)30-16-6-3-7-17-30/h2-27H,1H3. The number of rotatable bonds is 2. The van der Waals surface area contributed by atoms with Crippen LogP contribution in [0.15, 0.2) is 158 Å². The number of ether oxygens (including phenoxy) is 1. The van der Waals surface area contributed by atoms with E-state index in [1.807, 2.05) is 0 Å². The topological polar surface area (TPSA) is 15.7 Å². The normalized spacial score (nSPS) is 15.0. The molecule has 0 fully saturated rings. The highest BCUT2D eigenvalue weighted by atomic mass is 28.3. The third kappa shape index (κ3) is 3.15. The lowest BCUT2D eigenvalue weighted by molar-refractivity contribution is 0.478. The second kappa shape index (κ2) is 9.40. The number of hydrogen-bond acceptors (Lipinski definition) is 3. The van der Waals surface area contributed by atoms with Crippen molar-refractivity contribution in [3.63, 3.8) is 0 Å². The Kier molecular flexibility index (Phi) is 5.15. The van der Waals surface area contributed by atoms with Crippen molar-refractivity contribution in [3.05, 3.63) is 163 Å². The van der Waals surface area contributed by atoms with Crippen LogP contribution in [0.2, 0.25) is 0 Å². The van der Waals surface area contributed by atoms with E-state index >= 15 is 0 Å². The summed E-state index contributed by atoms with van der Waals surface area (Å²) < 4.78 is 6.63. The average molecular weight is 629 g/mol. The quantitative estimate of drug-likeness (QED) is 0.204. The first-order valence-corrected chi connectivity index (χ1v) is 18.7. The van der Waals surface area contributed by atoms with Crippen LogP contribution in [-0.4, -0.2) is 14.9 Å². The molecule has 4 heterocycles. The molecule has 0 N–H and O–H groups in total. The van der Waals surface area contributed by atoms with Gasteiger partial charge in [0.25, 0.3) is 0 Å². The number of anilines is 5. The highest BCUT2D eigenvalue weighted by Gasteiger charge is 2.54. The molecule has 5 heteroatoms. The second-order valence-corrected chi connectivity index (χ2v) is 17.0. The number of para-hydroxylation sites is 5. The van der Waals surface area contributed by atoms with Gasteiger partial charge in [0.2, 0.25) is 0 Å². The molecule has 0 saturated carbocycles. The maximum absolute atomic E-state index is 6.63. The fourth-order valence-corrected chi connectivity index (χ4v) is 14.4. The van der Waals surface area contributed by atoms with Crippen LogP contribution >= 0.6 is 0 Å². The summed E-state index contributed by atoms with van der Waals surface area (Å²) in [5.41, 5.74) is 12.6. The number of nitrogens with zero attached hydrogens (tertiary/aromatic N) is 2. The molecule has 4 aliphatic heterocycles. The van der Waals surface area contributed by atoms with Crippen molar-refractivity contribution in [2.75, 3.05) is 9.71 Å². The minimum absolute atomic E-state index is 0.0241. The molecule has 0 unspecified atom stereocenters. The van der Waals surface area contributed by atoms with E-state index in [1.165, 1.54) is 65.4 Å². The van der Waals surface area contributed by atoms with Crippen LogP contribution in [0, 0.1) is 6.92 Å². The largest absolute Gasteiger partial charge is 0.453 e. The second-order valence-electron chi connectivity index (χ2n) is 13.3. The Morgan fingerprint density at radius 3 is 1.96 bits per heavy atom. The Labute approximate surface area is 281 Å². The molecule has 11 rings (SSSR count). The van der Waals surface area contributed by atoms with Crippen LogP contribution in [-0.2, 0) is 0 Å². The predicted molar refractivity (Wildman–Crippen MR) is 202 cm³/mol. The third-order valence-corrected chi connectivity index (χ3v) is 15.7. The minimum atomic E-state index is -2.76. The molecule has 3 nitrogen and oxygen atoms in total. The van der Waals surface area contributed by atoms with Gasteiger partial charge in [0, 0.05) is 22.6 Å². The summed E-state index contributed by atoms with van der Waals surface area (Å²) in [5.74, 6) is 1.81. The molecule has 0 bridgehead atoms. The van der Waals surface area contributed by atoms with Gasteiger partial charge in [0.1, 0.15) is 5.75 Å². The smallest absolute Gasteiger partial charge is 0.333 e. The molecule has 224 valence electrons. The summed E-state index contributed by atoms with van der Waals surface area (Å²) in [7, 11) is -2.76. The van der Waals surface area contributed by atoms with E-state index in [-0.39, 0.29) is 6.85 Å². The highest BCUT2D eigenvalue weighted by molar-refractivity contribution is 7.21. The fourth-order valence-electron chi connectivity index (χ4n) is 9.22. The van der Waals surface area contributed by atoms with Gasteiger partial charge in [-0.1, -0.05) is 127 Å². The fraction of sp³-hybridized carbons (Fsp3) is 0.0233. The summed E-state index contributed by atoms with van der Waals surface area (Å²) >= 11 is 0. The molecule has 0 amide bonds. The first kappa shape index (κ1) is 26.3. The number of benzene rings is 7. The first-order valence-electron chi connectivity index (χ1n) is 16.7. The molecule has 48 heavy (non-hydrogen) atoms. The first-order chi connectivity index (χ1) is 23.7. The van der Waals surface area contributed by atoms with Crippen molar-refractivity contribution in [1.29, 1.82) is 0 Å². The predicted octanol–water partition coefficient (Wildman–Crippen LogP) is 6.50. The van der Waals surface area contributed by atoms with Crippen molar-refractivity contribution in [1.82, 2.24) is 0 Å². The summed E-state index contributed by atoms with van der Waals surface area (Å²) in [6, 6.07) is 58.8. The molecule has 0 radical (unpaired) electrons. The van der Waals surface area contributed by atoms with Crippen LogP contribution in [0.1, 0.15) is 5.56 Å². The Morgan fingerprint density at radius 2 is 1.17 bits per heavy atom. The molecule has 0 aliphatic carbocycles. The van der Waals surface area contributed by atoms with E-state index in [4.69, 9.17) is 4.74 Å². The van der Waals surface area contributed by atoms with Gasteiger partial charge >= 0.3 is 6.85 Å². The van der Waals surface area contributed by atoms with Gasteiger partial charge < -0.3 is 14.4 Å². The van der Waals surface area contributed by atoms with Gasteiger partial charge in [0.15, 0.2) is 13.8 Å². The van der Waals surface area contributed by atoms with E-state index < -0.39 is 8.07 Å². The molecule has 7 aromatic carbocycles. The third-order valence-electron chi connectivity index (χ3n) is 10.9. The SMILES string of the molecule is Cc1cc2c3c(c1)N1c4ccccc4[Si](c4ccccc4)(c4ccccc4)c4cccc(c41)B3N1c3ccccc3Oc3cccc-2c31. The van der Waals surface area contributed by atoms with Gasteiger partial charge in [0.05, 0.1) is 11.4 Å². The van der Waals surface area contributed by atoms with Crippen molar-refractivity contribution in [2.45, 2.75) is 6.92 Å². The summed E-state index contributed by atoms with van der Waals surface area (Å²) in [6.45, 7) is 2.22. The molecule has 4 aliphatic rings. The molecular formula is C43H29BN2OSi. The van der Waals surface area contributed by atoms with Crippen LogP contribution in [0.25, 0.3) is 11.1 Å². The van der Waals surface area contributed by atoms with Crippen LogP contribution in [0.4, 0.5) is 28.4 Å². The van der Waals surface area contributed by atoms with Crippen LogP contribution in [0.3, 0.4) is 0 Å². The lowest BCUT2D eigenvalue weighted by Crippen LogP contribution is -2.79. The summed E-state index contributed by atoms with van der Waals surface area (Å²) in [5, 5.41) is 5.67. The lowest BCUT2D eigenvalue weighted by atomic mass is 9.43. The number of aryl methyl sites for hydroxylation is 1. The number of hydrogen-bond donors (Lipinski definition) is 0. The maximum Gasteiger partial charge on any atom is 0.333 e. The Hall–Kier alpha value is -5.78. The summed E-state index contributed by atoms with van der Waals surface area (Å²) in [6.07, 6.45) is 0. The average Bonchev–Trinajstić information content (AvgIpc) is 3.14. The minimum Gasteiger partial charge on any atom is -0.453 e. The molecule has 0 aromatic heterocycles. The monoisotopic (exact) mass is 628 g/mol. The van der Waals surface area contributed by atoms with Crippen molar-refractivity contribution in [3.8, 4) is 22.6 Å². The Bertz CT molecular complexity index is 2440. The van der Waals surface area contributed by atoms with Crippen LogP contribution < -0.4 is 46.1 Å².